The van der Waals surface area contributed by atoms with Gasteiger partial charge in [-0.3, -0.25) is 0 Å². The van der Waals surface area contributed by atoms with E-state index < -0.39 is 0 Å². The van der Waals surface area contributed by atoms with Gasteiger partial charge >= 0.3 is 12.0 Å². The summed E-state index contributed by atoms with van der Waals surface area (Å²) in [6.07, 6.45) is 0.507. The summed E-state index contributed by atoms with van der Waals surface area (Å²) in [6, 6.07) is 0.239. The first-order valence-corrected chi connectivity index (χ1v) is 4.92. The molecule has 6 nitrogen and oxygen atoms in total. The van der Waals surface area contributed by atoms with Gasteiger partial charge < -0.3 is 14.6 Å². The van der Waals surface area contributed by atoms with Crippen LogP contribution in [0.15, 0.2) is 0 Å². The van der Waals surface area contributed by atoms with Crippen LogP contribution in [0.5, 0.6) is 12.0 Å². The Bertz CT molecular complexity index is 311. The summed E-state index contributed by atoms with van der Waals surface area (Å²) in [5, 5.41) is 8.57. The number of halogens is 1. The molecule has 0 bridgehead atoms. The second-order valence-corrected chi connectivity index (χ2v) is 2.87. The van der Waals surface area contributed by atoms with E-state index in [0.29, 0.717) is 19.6 Å². The van der Waals surface area contributed by atoms with Crippen molar-refractivity contribution in [2.45, 2.75) is 13.3 Å². The number of aliphatic hydroxyl groups is 1. The predicted octanol–water partition coefficient (Wildman–Crippen LogP) is 0.685. The molecule has 1 heterocycles. The Morgan fingerprint density at radius 2 is 1.87 bits per heavy atom. The number of rotatable bonds is 6. The van der Waals surface area contributed by atoms with Crippen LogP contribution in [-0.4, -0.2) is 39.9 Å². The van der Waals surface area contributed by atoms with E-state index in [9.17, 15) is 0 Å². The lowest BCUT2D eigenvalue weighted by Gasteiger charge is -2.05. The largest absolute Gasteiger partial charge is 0.464 e. The number of hydrogen-bond donors (Lipinski definition) is 1. The maximum Gasteiger partial charge on any atom is 0.323 e. The van der Waals surface area contributed by atoms with Gasteiger partial charge in [-0.15, -0.1) is 4.98 Å². The van der Waals surface area contributed by atoms with E-state index in [-0.39, 0.29) is 23.9 Å². The van der Waals surface area contributed by atoms with Crippen molar-refractivity contribution < 1.29 is 14.6 Å². The highest BCUT2D eigenvalue weighted by Crippen LogP contribution is 2.12. The van der Waals surface area contributed by atoms with E-state index >= 15 is 0 Å². The fraction of sp³-hybridized carbons (Fsp3) is 0.625. The smallest absolute Gasteiger partial charge is 0.323 e. The van der Waals surface area contributed by atoms with Crippen molar-refractivity contribution in [2.24, 2.45) is 0 Å². The molecule has 0 atom stereocenters. The molecule has 0 aliphatic carbocycles. The van der Waals surface area contributed by atoms with E-state index in [2.05, 4.69) is 15.0 Å². The molecule has 0 saturated carbocycles. The topological polar surface area (TPSA) is 77.4 Å². The molecule has 84 valence electrons. The molecule has 0 aromatic carbocycles. The molecule has 0 amide bonds. The Hall–Kier alpha value is -1.14. The van der Waals surface area contributed by atoms with Crippen molar-refractivity contribution in [3.63, 3.8) is 0 Å². The van der Waals surface area contributed by atoms with Crippen LogP contribution in [0.1, 0.15) is 13.3 Å². The third-order valence-electron chi connectivity index (χ3n) is 1.37. The van der Waals surface area contributed by atoms with Gasteiger partial charge in [-0.25, -0.2) is 0 Å². The van der Waals surface area contributed by atoms with Crippen LogP contribution >= 0.6 is 11.6 Å². The highest BCUT2D eigenvalue weighted by Gasteiger charge is 2.06. The van der Waals surface area contributed by atoms with Crippen molar-refractivity contribution in [3.05, 3.63) is 5.28 Å². The molecule has 1 aromatic heterocycles. The summed E-state index contributed by atoms with van der Waals surface area (Å²) in [5.74, 6) is 0. The van der Waals surface area contributed by atoms with Crippen LogP contribution in [0.25, 0.3) is 0 Å². The molecule has 1 N–H and O–H groups in total. The van der Waals surface area contributed by atoms with Crippen LogP contribution in [-0.2, 0) is 0 Å². The van der Waals surface area contributed by atoms with Gasteiger partial charge in [0.2, 0.25) is 5.28 Å². The minimum absolute atomic E-state index is 0.0208. The maximum absolute atomic E-state index is 8.55. The normalized spacial score (nSPS) is 10.1. The SMILES string of the molecule is CCOc1nc(Cl)nc(OCCCO)n1. The monoisotopic (exact) mass is 233 g/mol. The van der Waals surface area contributed by atoms with Gasteiger partial charge in [0.25, 0.3) is 0 Å². The highest BCUT2D eigenvalue weighted by molar-refractivity contribution is 6.28. The number of aliphatic hydroxyl groups excluding tert-OH is 1. The molecule has 7 heteroatoms. The predicted molar refractivity (Wildman–Crippen MR) is 53.2 cm³/mol. The Balaban J connectivity index is 2.62. The van der Waals surface area contributed by atoms with E-state index in [4.69, 9.17) is 26.2 Å². The molecule has 0 saturated heterocycles. The summed E-state index contributed by atoms with van der Waals surface area (Å²) < 4.78 is 10.2. The zero-order valence-corrected chi connectivity index (χ0v) is 9.07. The Kier molecular flexibility index (Phi) is 5.06. The molecule has 0 spiro atoms. The zero-order valence-electron chi connectivity index (χ0n) is 8.31. The van der Waals surface area contributed by atoms with Gasteiger partial charge in [0, 0.05) is 13.0 Å². The van der Waals surface area contributed by atoms with Gasteiger partial charge in [-0.1, -0.05) is 0 Å². The second kappa shape index (κ2) is 6.36. The number of hydrogen-bond acceptors (Lipinski definition) is 6. The lowest BCUT2D eigenvalue weighted by Crippen LogP contribution is -2.06. The van der Waals surface area contributed by atoms with Crippen LogP contribution in [0, 0.1) is 0 Å². The molecular formula is C8H12ClN3O3. The average molecular weight is 234 g/mol. The molecule has 15 heavy (non-hydrogen) atoms. The summed E-state index contributed by atoms with van der Waals surface area (Å²) >= 11 is 5.63. The number of aromatic nitrogens is 3. The fourth-order valence-corrected chi connectivity index (χ4v) is 0.945. The van der Waals surface area contributed by atoms with Gasteiger partial charge in [-0.2, -0.15) is 9.97 Å². The third kappa shape index (κ3) is 4.26. The molecule has 0 aliphatic heterocycles. The van der Waals surface area contributed by atoms with Gasteiger partial charge in [-0.05, 0) is 18.5 Å². The zero-order chi connectivity index (χ0) is 11.1. The van der Waals surface area contributed by atoms with Crippen LogP contribution in [0.2, 0.25) is 5.28 Å². The Morgan fingerprint density at radius 3 is 2.47 bits per heavy atom. The van der Waals surface area contributed by atoms with Crippen LogP contribution < -0.4 is 9.47 Å². The van der Waals surface area contributed by atoms with Crippen molar-refractivity contribution >= 4 is 11.6 Å². The third-order valence-corrected chi connectivity index (χ3v) is 1.54. The standard InChI is InChI=1S/C8H12ClN3O3/c1-2-14-7-10-6(9)11-8(12-7)15-5-3-4-13/h13H,2-5H2,1H3. The van der Waals surface area contributed by atoms with Crippen molar-refractivity contribution in [3.8, 4) is 12.0 Å². The lowest BCUT2D eigenvalue weighted by molar-refractivity contribution is 0.219. The Labute approximate surface area is 92.2 Å². The van der Waals surface area contributed by atoms with Crippen molar-refractivity contribution in [2.75, 3.05) is 19.8 Å². The lowest BCUT2D eigenvalue weighted by atomic mass is 10.5. The summed E-state index contributed by atoms with van der Waals surface area (Å²) in [5.41, 5.74) is 0. The average Bonchev–Trinajstić information content (AvgIpc) is 2.18. The first-order valence-electron chi connectivity index (χ1n) is 4.54. The molecule has 0 aliphatic rings. The first-order chi connectivity index (χ1) is 7.26. The van der Waals surface area contributed by atoms with E-state index in [1.165, 1.54) is 0 Å². The molecule has 0 radical (unpaired) electrons. The van der Waals surface area contributed by atoms with Gasteiger partial charge in [0.15, 0.2) is 0 Å². The minimum atomic E-state index is 0.0208. The van der Waals surface area contributed by atoms with Crippen molar-refractivity contribution in [1.82, 2.24) is 15.0 Å². The quantitative estimate of drug-likeness (QED) is 0.729. The second-order valence-electron chi connectivity index (χ2n) is 2.53. The summed E-state index contributed by atoms with van der Waals surface area (Å²) in [7, 11) is 0. The van der Waals surface area contributed by atoms with Crippen LogP contribution in [0.4, 0.5) is 0 Å². The molecule has 0 unspecified atom stereocenters. The van der Waals surface area contributed by atoms with E-state index in [1.54, 1.807) is 0 Å². The maximum atomic E-state index is 8.55. The highest BCUT2D eigenvalue weighted by atomic mass is 35.5. The first kappa shape index (κ1) is 11.9. The Morgan fingerprint density at radius 1 is 1.20 bits per heavy atom. The van der Waals surface area contributed by atoms with Gasteiger partial charge in [0.05, 0.1) is 13.2 Å². The van der Waals surface area contributed by atoms with Crippen LogP contribution in [0.3, 0.4) is 0 Å². The van der Waals surface area contributed by atoms with E-state index in [1.807, 2.05) is 6.92 Å². The minimum Gasteiger partial charge on any atom is -0.464 e. The fourth-order valence-electron chi connectivity index (χ4n) is 0.801. The molecule has 0 fully saturated rings. The van der Waals surface area contributed by atoms with Crippen molar-refractivity contribution in [1.29, 1.82) is 0 Å². The number of nitrogens with zero attached hydrogens (tertiary/aromatic N) is 3. The van der Waals surface area contributed by atoms with Gasteiger partial charge in [0.1, 0.15) is 0 Å². The molecule has 1 aromatic rings. The summed E-state index contributed by atoms with van der Waals surface area (Å²) in [4.78, 5) is 11.4. The van der Waals surface area contributed by atoms with E-state index in [0.717, 1.165) is 0 Å². The summed E-state index contributed by atoms with van der Waals surface area (Å²) in [6.45, 7) is 2.62. The molecule has 1 rings (SSSR count). The molecular weight excluding hydrogens is 222 g/mol. The number of ether oxygens (including phenoxy) is 2.